The molecule has 0 atom stereocenters. The highest BCUT2D eigenvalue weighted by molar-refractivity contribution is 6.07. The molecule has 0 bridgehead atoms. The highest BCUT2D eigenvalue weighted by Gasteiger charge is 2.61. The monoisotopic (exact) mass is 1410 g/mol. The Morgan fingerprint density at radius 2 is 0.618 bits per heavy atom. The van der Waals surface area contributed by atoms with Gasteiger partial charge in [0.05, 0.1) is 33.3 Å². The zero-order valence-corrected chi connectivity index (χ0v) is 61.8. The summed E-state index contributed by atoms with van der Waals surface area (Å²) in [4.78, 5) is 26.0. The van der Waals surface area contributed by atoms with Crippen LogP contribution in [0.4, 0.5) is 0 Å². The third-order valence-electron chi connectivity index (χ3n) is 23.8. The van der Waals surface area contributed by atoms with Gasteiger partial charge in [0.2, 0.25) is 0 Å². The van der Waals surface area contributed by atoms with Crippen LogP contribution >= 0.6 is 0 Å². The SMILES string of the molecule is CC1(C)c2cc(-c3nc4c(ccc5ccccc54)nc3-c3ccccc3)ccc2-c2c(-c3ccccc3)cccc2C1(C)C.c1ccc(-c2nc(-c3ccccc3)nc(-c3ccc(-c4ccc5c(c4)-c4ccccc4C(c4ccccc4)(c4ccccc4)C5(c4ccccc4)c4ccccc4)c4ccccc34)n2)cc1. The summed E-state index contributed by atoms with van der Waals surface area (Å²) in [6, 6.07) is 142. The van der Waals surface area contributed by atoms with Crippen LogP contribution in [-0.2, 0) is 21.7 Å². The van der Waals surface area contributed by atoms with Crippen LogP contribution in [-0.4, -0.2) is 24.9 Å². The second kappa shape index (κ2) is 27.3. The molecular formula is C105H77N5. The first-order valence-corrected chi connectivity index (χ1v) is 38.0. The minimum Gasteiger partial charge on any atom is -0.244 e. The number of rotatable bonds is 11. The molecule has 20 rings (SSSR count). The highest BCUT2D eigenvalue weighted by atomic mass is 15.0. The van der Waals surface area contributed by atoms with Crippen LogP contribution in [0.25, 0.3) is 134 Å². The van der Waals surface area contributed by atoms with Crippen LogP contribution in [0.5, 0.6) is 0 Å². The zero-order valence-electron chi connectivity index (χ0n) is 61.8. The lowest BCUT2D eigenvalue weighted by Gasteiger charge is -2.57. The molecule has 0 fully saturated rings. The van der Waals surface area contributed by atoms with Crippen LogP contribution in [0.1, 0.15) is 72.2 Å². The summed E-state index contributed by atoms with van der Waals surface area (Å²) in [6.45, 7) is 9.58. The molecule has 0 saturated carbocycles. The van der Waals surface area contributed by atoms with E-state index in [1.54, 1.807) is 0 Å². The molecule has 0 unspecified atom stereocenters. The zero-order chi connectivity index (χ0) is 74.0. The van der Waals surface area contributed by atoms with Gasteiger partial charge in [0.15, 0.2) is 17.5 Å². The van der Waals surface area contributed by atoms with E-state index >= 15 is 0 Å². The van der Waals surface area contributed by atoms with Crippen molar-refractivity contribution in [1.29, 1.82) is 0 Å². The van der Waals surface area contributed by atoms with E-state index in [0.29, 0.717) is 17.5 Å². The molecule has 5 heteroatoms. The van der Waals surface area contributed by atoms with E-state index in [2.05, 4.69) is 386 Å². The summed E-state index contributed by atoms with van der Waals surface area (Å²) in [5.74, 6) is 1.92. The summed E-state index contributed by atoms with van der Waals surface area (Å²) in [7, 11) is 0. The van der Waals surface area contributed by atoms with Gasteiger partial charge < -0.3 is 0 Å². The average Bonchev–Trinajstić information content (AvgIpc) is 0.659. The molecule has 0 radical (unpaired) electrons. The maximum atomic E-state index is 5.43. The quantitative estimate of drug-likeness (QED) is 0.121. The average molecular weight is 1410 g/mol. The fourth-order valence-electron chi connectivity index (χ4n) is 18.1. The number of aromatic nitrogens is 5. The Balaban J connectivity index is 0.000000161. The predicted molar refractivity (Wildman–Crippen MR) is 455 cm³/mol. The highest BCUT2D eigenvalue weighted by Crippen LogP contribution is 2.66. The lowest BCUT2D eigenvalue weighted by Crippen LogP contribution is -2.54. The van der Waals surface area contributed by atoms with E-state index in [4.69, 9.17) is 24.9 Å². The Morgan fingerprint density at radius 1 is 0.209 bits per heavy atom. The molecule has 0 spiro atoms. The van der Waals surface area contributed by atoms with Crippen LogP contribution in [0.3, 0.4) is 0 Å². The first-order valence-electron chi connectivity index (χ1n) is 38.0. The van der Waals surface area contributed by atoms with Crippen molar-refractivity contribution >= 4 is 32.6 Å². The third kappa shape index (κ3) is 10.9. The van der Waals surface area contributed by atoms with Gasteiger partial charge in [-0.05, 0) is 140 Å². The van der Waals surface area contributed by atoms with Crippen molar-refractivity contribution in [2.75, 3.05) is 0 Å². The van der Waals surface area contributed by atoms with Gasteiger partial charge in [-0.1, -0.05) is 398 Å². The molecule has 110 heavy (non-hydrogen) atoms. The molecule has 0 amide bonds. The number of fused-ring (bicyclic) bond motifs is 10. The molecule has 0 saturated heterocycles. The topological polar surface area (TPSA) is 64.5 Å². The Morgan fingerprint density at radius 3 is 1.19 bits per heavy atom. The van der Waals surface area contributed by atoms with Gasteiger partial charge in [-0.3, -0.25) is 0 Å². The summed E-state index contributed by atoms with van der Waals surface area (Å²) < 4.78 is 0. The Hall–Kier alpha value is -13.6. The molecule has 2 aliphatic rings. The van der Waals surface area contributed by atoms with Crippen LogP contribution in [0.15, 0.2) is 394 Å². The molecule has 18 aromatic rings. The number of nitrogens with zero attached hydrogens (tertiary/aromatic N) is 5. The summed E-state index contributed by atoms with van der Waals surface area (Å²) >= 11 is 0. The number of hydrogen-bond donors (Lipinski definition) is 0. The molecular weight excluding hydrogens is 1330 g/mol. The van der Waals surface area contributed by atoms with Gasteiger partial charge >= 0.3 is 0 Å². The summed E-state index contributed by atoms with van der Waals surface area (Å²) in [5, 5.41) is 4.50. The minimum atomic E-state index is -0.710. The largest absolute Gasteiger partial charge is 0.244 e. The van der Waals surface area contributed by atoms with E-state index in [1.165, 1.54) is 83.3 Å². The molecule has 0 N–H and O–H groups in total. The Labute approximate surface area is 642 Å². The lowest BCUT2D eigenvalue weighted by atomic mass is 9.43. The molecule has 0 aliphatic heterocycles. The van der Waals surface area contributed by atoms with Crippen molar-refractivity contribution in [3.63, 3.8) is 0 Å². The van der Waals surface area contributed by atoms with Crippen molar-refractivity contribution in [3.05, 3.63) is 439 Å². The van der Waals surface area contributed by atoms with E-state index in [9.17, 15) is 0 Å². The Bertz CT molecular complexity index is 6350. The van der Waals surface area contributed by atoms with Crippen molar-refractivity contribution in [2.45, 2.75) is 49.4 Å². The molecule has 16 aromatic carbocycles. The predicted octanol–water partition coefficient (Wildman–Crippen LogP) is 26.1. The van der Waals surface area contributed by atoms with Crippen LogP contribution < -0.4 is 0 Å². The smallest absolute Gasteiger partial charge is 0.164 e. The molecule has 5 nitrogen and oxygen atoms in total. The van der Waals surface area contributed by atoms with Gasteiger partial charge in [0.1, 0.15) is 0 Å². The van der Waals surface area contributed by atoms with Gasteiger partial charge in [0, 0.05) is 33.2 Å². The van der Waals surface area contributed by atoms with Crippen molar-refractivity contribution < 1.29 is 0 Å². The van der Waals surface area contributed by atoms with E-state index in [-0.39, 0.29) is 10.8 Å². The maximum absolute atomic E-state index is 5.43. The third-order valence-corrected chi connectivity index (χ3v) is 23.8. The Kier molecular flexibility index (Phi) is 16.6. The molecule has 522 valence electrons. The molecule has 2 aliphatic carbocycles. The van der Waals surface area contributed by atoms with Crippen LogP contribution in [0.2, 0.25) is 0 Å². The van der Waals surface area contributed by atoms with E-state index < -0.39 is 10.8 Å². The lowest BCUT2D eigenvalue weighted by molar-refractivity contribution is 0.299. The first-order chi connectivity index (χ1) is 54.1. The fraction of sp³-hybridized carbons (Fsp3) is 0.0762. The van der Waals surface area contributed by atoms with Crippen molar-refractivity contribution in [2.24, 2.45) is 0 Å². The summed E-state index contributed by atoms with van der Waals surface area (Å²) in [6.07, 6.45) is 0. The number of hydrogen-bond acceptors (Lipinski definition) is 5. The summed E-state index contributed by atoms with van der Waals surface area (Å²) in [5.41, 5.74) is 27.1. The van der Waals surface area contributed by atoms with Gasteiger partial charge in [0.25, 0.3) is 0 Å². The minimum absolute atomic E-state index is 0.105. The second-order valence-electron chi connectivity index (χ2n) is 30.1. The van der Waals surface area contributed by atoms with Crippen LogP contribution in [0, 0.1) is 0 Å². The maximum Gasteiger partial charge on any atom is 0.164 e. The van der Waals surface area contributed by atoms with Gasteiger partial charge in [-0.15, -0.1) is 0 Å². The molecule has 2 heterocycles. The second-order valence-corrected chi connectivity index (χ2v) is 30.1. The van der Waals surface area contributed by atoms with E-state index in [0.717, 1.165) is 77.5 Å². The first kappa shape index (κ1) is 67.0. The van der Waals surface area contributed by atoms with Crippen molar-refractivity contribution in [3.8, 4) is 101 Å². The normalized spacial score (nSPS) is 13.9. The fourth-order valence-corrected chi connectivity index (χ4v) is 18.1. The van der Waals surface area contributed by atoms with Crippen molar-refractivity contribution in [1.82, 2.24) is 24.9 Å². The molecule has 2 aromatic heterocycles. The number of benzene rings is 16. The van der Waals surface area contributed by atoms with Gasteiger partial charge in [-0.2, -0.15) is 0 Å². The standard InChI is InChI=1S/C63H43N3.C42H34N2/c1-7-23-44(24-8-1)59-64-60(45-25-9-2-10-26-45)66-61(65-59)55-41-40-51(52-35-19-20-36-53(52)55)46-39-42-58-56(43-46)54-37-21-22-38-57(54)62(47-27-11-3-12-28-47,48-29-13-4-14-30-48)63(58,49-31-15-5-16-32-49)50-33-17-6-18-34-50;1-41(2)34-21-13-20-31(27-14-7-5-8-15-27)37(34)33-24-22-30(26-35(33)42(41,3)4)39-38(29-17-9-6-10-18-29)43-36-25-23-28-16-11-12-19-32(28)40(36)44-39/h1-43H;5-26H,1-4H3. The van der Waals surface area contributed by atoms with Gasteiger partial charge in [-0.25, -0.2) is 24.9 Å². The van der Waals surface area contributed by atoms with E-state index in [1.807, 2.05) is 36.4 Å².